The van der Waals surface area contributed by atoms with Crippen LogP contribution in [0.1, 0.15) is 64.3 Å². The summed E-state index contributed by atoms with van der Waals surface area (Å²) in [5.41, 5.74) is -3.00. The summed E-state index contributed by atoms with van der Waals surface area (Å²) in [4.78, 5) is 8.49. The minimum Gasteiger partial charge on any atom is -0.394 e. The molecule has 194 valence electrons. The highest BCUT2D eigenvalue weighted by Gasteiger charge is 2.45. The quantitative estimate of drug-likeness (QED) is 0.228. The van der Waals surface area contributed by atoms with Crippen LogP contribution in [-0.2, 0) is 4.74 Å². The molecule has 2 aromatic heterocycles. The van der Waals surface area contributed by atoms with Crippen molar-refractivity contribution >= 4 is 28.7 Å². The molecule has 0 bridgehead atoms. The number of fused-ring (bicyclic) bond motifs is 1. The van der Waals surface area contributed by atoms with Gasteiger partial charge in [-0.2, -0.15) is 0 Å². The standard InChI is InChI=1S/C24H31FN6O4S/c1-3-8-36-24-27-22(26-16-10-14(16)13-5-4-12(2)15(25)9-13)19-23(28-24)31(30-29-19)17-11-18(35-7-6-32)21(34)20(17)33/h4-5,9,14,16-18,20-21,32-34H,3,6-8,10-11H2,1-2H3,(H,26,27,28)/t14-,16+,17+,18-,20-,21+/m0/s1/i4D,5D,8D2,9D,11D2,17D,18D,20D,21D. The Morgan fingerprint density at radius 1 is 1.39 bits per heavy atom. The van der Waals surface area contributed by atoms with Crippen molar-refractivity contribution in [1.82, 2.24) is 25.0 Å². The number of hydrogen-bond donors (Lipinski definition) is 4. The average molecular weight is 530 g/mol. The topological polar surface area (TPSA) is 138 Å². The molecule has 0 saturated heterocycles. The van der Waals surface area contributed by atoms with Crippen LogP contribution in [0.3, 0.4) is 0 Å². The highest BCUT2D eigenvalue weighted by molar-refractivity contribution is 7.99. The molecule has 0 spiro atoms. The molecule has 10 nitrogen and oxygen atoms in total. The Morgan fingerprint density at radius 3 is 3.00 bits per heavy atom. The number of hydrogen-bond acceptors (Lipinski definition) is 10. The minimum atomic E-state index is -3.91. The van der Waals surface area contributed by atoms with Gasteiger partial charge >= 0.3 is 0 Å². The number of anilines is 1. The number of aromatic nitrogens is 5. The zero-order valence-electron chi connectivity index (χ0n) is 30.3. The van der Waals surface area contributed by atoms with Crippen LogP contribution in [0.5, 0.6) is 0 Å². The molecule has 36 heavy (non-hydrogen) atoms. The first-order valence-corrected chi connectivity index (χ1v) is 11.9. The molecule has 6 atom stereocenters. The lowest BCUT2D eigenvalue weighted by Gasteiger charge is -2.17. The zero-order valence-corrected chi connectivity index (χ0v) is 20.1. The van der Waals surface area contributed by atoms with Gasteiger partial charge in [0.05, 0.1) is 34.9 Å². The van der Waals surface area contributed by atoms with Gasteiger partial charge in [0, 0.05) is 29.5 Å². The number of thioether (sulfide) groups is 1. The van der Waals surface area contributed by atoms with Crippen molar-refractivity contribution in [2.75, 3.05) is 24.2 Å². The Hall–Kier alpha value is -2.38. The third kappa shape index (κ3) is 4.92. The summed E-state index contributed by atoms with van der Waals surface area (Å²) in [6, 6.07) is -5.45. The highest BCUT2D eigenvalue weighted by Crippen LogP contribution is 2.44. The first-order valence-electron chi connectivity index (χ1n) is 16.6. The lowest BCUT2D eigenvalue weighted by molar-refractivity contribution is -0.0629. The van der Waals surface area contributed by atoms with E-state index < -0.39 is 79.0 Å². The van der Waals surface area contributed by atoms with Gasteiger partial charge in [0.1, 0.15) is 18.0 Å². The normalized spacial score (nSPS) is 42.0. The molecular weight excluding hydrogens is 487 g/mol. The van der Waals surface area contributed by atoms with E-state index in [2.05, 4.69) is 25.6 Å². The van der Waals surface area contributed by atoms with Crippen molar-refractivity contribution in [3.05, 3.63) is 35.1 Å². The molecule has 0 unspecified atom stereocenters. The molecule has 2 aliphatic rings. The molecule has 5 rings (SSSR count). The van der Waals surface area contributed by atoms with E-state index in [0.717, 1.165) is 0 Å². The van der Waals surface area contributed by atoms with E-state index in [1.807, 2.05) is 0 Å². The fraction of sp³-hybridized carbons (Fsp3) is 0.583. The molecule has 2 fully saturated rings. The van der Waals surface area contributed by atoms with E-state index in [1.54, 1.807) is 6.92 Å². The third-order valence-electron chi connectivity index (χ3n) is 5.47. The maximum Gasteiger partial charge on any atom is 0.191 e. The summed E-state index contributed by atoms with van der Waals surface area (Å²) < 4.78 is 113. The van der Waals surface area contributed by atoms with Gasteiger partial charge in [-0.3, -0.25) is 0 Å². The van der Waals surface area contributed by atoms with Crippen LogP contribution >= 0.6 is 11.8 Å². The average Bonchev–Trinajstić information content (AvgIpc) is 3.59. The molecule has 0 aliphatic heterocycles. The second-order valence-electron chi connectivity index (χ2n) is 8.02. The third-order valence-corrected chi connectivity index (χ3v) is 6.27. The molecule has 3 aromatic rings. The predicted molar refractivity (Wildman–Crippen MR) is 133 cm³/mol. The summed E-state index contributed by atoms with van der Waals surface area (Å²) in [6.45, 7) is 1.23. The molecule has 1 aromatic carbocycles. The molecule has 4 N–H and O–H groups in total. The summed E-state index contributed by atoms with van der Waals surface area (Å²) >= 11 is 0.522. The van der Waals surface area contributed by atoms with Crippen LogP contribution in [0.2, 0.25) is 0 Å². The van der Waals surface area contributed by atoms with Gasteiger partial charge in [0.25, 0.3) is 0 Å². The number of rotatable bonds is 10. The zero-order chi connectivity index (χ0) is 35.3. The van der Waals surface area contributed by atoms with E-state index in [-0.39, 0.29) is 57.2 Å². The number of benzene rings is 1. The predicted octanol–water partition coefficient (Wildman–Crippen LogP) is 2.18. The Balaban J connectivity index is 1.66. The van der Waals surface area contributed by atoms with Crippen LogP contribution < -0.4 is 5.32 Å². The SMILES string of the molecule is [2H]c1c([2H])c([C@@H]2C[C@H]2Nc2nc(SC([2H])([2H])CC)nc3c2nnn3[C@]2([2H])C([2H])([2H])[C@]([2H])(OCCO)[C@@]([2H])(O)[C@@]2([2H])O)c([2H])c(F)c1C. The molecule has 2 aliphatic carbocycles. The van der Waals surface area contributed by atoms with Gasteiger partial charge in [-0.05, 0) is 36.9 Å². The van der Waals surface area contributed by atoms with Gasteiger partial charge in [-0.25, -0.2) is 19.0 Å². The lowest BCUT2D eigenvalue weighted by Crippen LogP contribution is -2.33. The second-order valence-corrected chi connectivity index (χ2v) is 8.88. The van der Waals surface area contributed by atoms with Crippen molar-refractivity contribution in [2.24, 2.45) is 0 Å². The number of nitrogens with one attached hydrogen (secondary N) is 1. The number of ether oxygens (including phenoxy) is 1. The summed E-state index contributed by atoms with van der Waals surface area (Å²) in [5, 5.41) is 41.6. The summed E-state index contributed by atoms with van der Waals surface area (Å²) in [7, 11) is 0. The second kappa shape index (κ2) is 10.5. The molecule has 2 saturated carbocycles. The highest BCUT2D eigenvalue weighted by atomic mass is 32.2. The van der Waals surface area contributed by atoms with E-state index >= 15 is 0 Å². The van der Waals surface area contributed by atoms with Gasteiger partial charge in [0.15, 0.2) is 22.1 Å². The molecule has 0 radical (unpaired) electrons. The van der Waals surface area contributed by atoms with E-state index in [1.165, 1.54) is 6.92 Å². The minimum absolute atomic E-state index is 0.0191. The van der Waals surface area contributed by atoms with Crippen LogP contribution in [0.4, 0.5) is 10.2 Å². The first-order chi connectivity index (χ1) is 21.6. The first kappa shape index (κ1) is 15.1. The number of nitrogens with zero attached hydrogens (tertiary/aromatic N) is 5. The molecule has 2 heterocycles. The van der Waals surface area contributed by atoms with Crippen molar-refractivity contribution in [3.8, 4) is 0 Å². The van der Waals surface area contributed by atoms with Crippen LogP contribution in [0.15, 0.2) is 23.3 Å². The molecule has 12 heteroatoms. The Kier molecular flexibility index (Phi) is 4.43. The van der Waals surface area contributed by atoms with Gasteiger partial charge in [-0.1, -0.05) is 36.0 Å². The monoisotopic (exact) mass is 529 g/mol. The number of aliphatic hydroxyl groups is 3. The van der Waals surface area contributed by atoms with Crippen LogP contribution in [0, 0.1) is 12.7 Å². The summed E-state index contributed by atoms with van der Waals surface area (Å²) in [6.07, 6.45) is -14.8. The molecule has 0 amide bonds. The molecular formula is C24H31FN6O4S. The fourth-order valence-corrected chi connectivity index (χ4v) is 4.12. The Labute approximate surface area is 227 Å². The van der Waals surface area contributed by atoms with Crippen LogP contribution in [-0.4, -0.2) is 83.5 Å². The van der Waals surface area contributed by atoms with E-state index in [0.29, 0.717) is 11.8 Å². The van der Waals surface area contributed by atoms with Crippen LogP contribution in [0.25, 0.3) is 11.2 Å². The Bertz CT molecular complexity index is 1720. The number of halogens is 1. The van der Waals surface area contributed by atoms with Crippen molar-refractivity contribution in [1.29, 1.82) is 0 Å². The van der Waals surface area contributed by atoms with Crippen molar-refractivity contribution in [3.63, 3.8) is 0 Å². The van der Waals surface area contributed by atoms with Gasteiger partial charge in [-0.15, -0.1) is 5.10 Å². The largest absolute Gasteiger partial charge is 0.394 e. The van der Waals surface area contributed by atoms with Crippen molar-refractivity contribution < 1.29 is 39.5 Å². The van der Waals surface area contributed by atoms with E-state index in [9.17, 15) is 19.7 Å². The number of aliphatic hydroxyl groups excluding tert-OH is 1. The smallest absolute Gasteiger partial charge is 0.191 e. The van der Waals surface area contributed by atoms with Gasteiger partial charge < -0.3 is 25.4 Å². The van der Waals surface area contributed by atoms with E-state index in [4.69, 9.17) is 19.8 Å². The lowest BCUT2D eigenvalue weighted by atomic mass is 10.1. The van der Waals surface area contributed by atoms with Gasteiger partial charge in [0.2, 0.25) is 0 Å². The Morgan fingerprint density at radius 2 is 2.22 bits per heavy atom. The maximum absolute atomic E-state index is 14.7. The summed E-state index contributed by atoms with van der Waals surface area (Å²) in [5.74, 6) is -1.75. The fourth-order valence-electron chi connectivity index (χ4n) is 3.57. The maximum atomic E-state index is 14.7. The van der Waals surface area contributed by atoms with Crippen molar-refractivity contribution in [2.45, 2.75) is 74.4 Å².